The van der Waals surface area contributed by atoms with Crippen molar-refractivity contribution in [1.82, 2.24) is 0 Å². The predicted octanol–water partition coefficient (Wildman–Crippen LogP) is 1.49. The molecular formula is C8H13N2OP. The SMILES string of the molecule is CP(O)Nc1ccccc1CN. The molecule has 0 amide bonds. The summed E-state index contributed by atoms with van der Waals surface area (Å²) in [6.45, 7) is 2.23. The van der Waals surface area contributed by atoms with E-state index in [9.17, 15) is 0 Å². The van der Waals surface area contributed by atoms with Crippen LogP contribution in [0, 0.1) is 0 Å². The van der Waals surface area contributed by atoms with Crippen LogP contribution in [0.3, 0.4) is 0 Å². The zero-order valence-electron chi connectivity index (χ0n) is 6.99. The van der Waals surface area contributed by atoms with Crippen molar-refractivity contribution < 1.29 is 4.89 Å². The molecule has 1 aromatic carbocycles. The third-order valence-electron chi connectivity index (χ3n) is 1.52. The van der Waals surface area contributed by atoms with E-state index in [-0.39, 0.29) is 0 Å². The molecule has 0 spiro atoms. The Morgan fingerprint density at radius 3 is 2.75 bits per heavy atom. The Balaban J connectivity index is 2.82. The molecule has 0 aliphatic rings. The molecule has 0 fully saturated rings. The van der Waals surface area contributed by atoms with Crippen molar-refractivity contribution >= 4 is 14.0 Å². The number of nitrogens with two attached hydrogens (primary N) is 1. The Hall–Kier alpha value is -0.630. The molecule has 0 aromatic heterocycles. The average Bonchev–Trinajstić information content (AvgIpc) is 2.04. The van der Waals surface area contributed by atoms with Crippen molar-refractivity contribution in [3.05, 3.63) is 29.8 Å². The van der Waals surface area contributed by atoms with Crippen LogP contribution >= 0.6 is 8.30 Å². The number of para-hydroxylation sites is 1. The molecule has 12 heavy (non-hydrogen) atoms. The molecule has 4 N–H and O–H groups in total. The molecule has 66 valence electrons. The molecule has 0 saturated carbocycles. The van der Waals surface area contributed by atoms with Gasteiger partial charge in [-0.25, -0.2) is 0 Å². The fourth-order valence-corrected chi connectivity index (χ4v) is 1.55. The van der Waals surface area contributed by atoms with Crippen LogP contribution in [0.25, 0.3) is 0 Å². The van der Waals surface area contributed by atoms with E-state index in [0.29, 0.717) is 6.54 Å². The third kappa shape index (κ3) is 2.45. The van der Waals surface area contributed by atoms with Gasteiger partial charge in [-0.1, -0.05) is 18.2 Å². The van der Waals surface area contributed by atoms with E-state index in [1.54, 1.807) is 6.66 Å². The lowest BCUT2D eigenvalue weighted by Gasteiger charge is -2.11. The average molecular weight is 184 g/mol. The zero-order chi connectivity index (χ0) is 8.97. The summed E-state index contributed by atoms with van der Waals surface area (Å²) < 4.78 is 0. The Morgan fingerprint density at radius 2 is 2.17 bits per heavy atom. The second-order valence-electron chi connectivity index (χ2n) is 2.50. The molecule has 0 radical (unpaired) electrons. The predicted molar refractivity (Wildman–Crippen MR) is 53.0 cm³/mol. The largest absolute Gasteiger partial charge is 0.355 e. The van der Waals surface area contributed by atoms with E-state index in [2.05, 4.69) is 5.09 Å². The van der Waals surface area contributed by atoms with Gasteiger partial charge in [-0.05, 0) is 18.3 Å². The van der Waals surface area contributed by atoms with Crippen molar-refractivity contribution in [2.75, 3.05) is 11.8 Å². The van der Waals surface area contributed by atoms with Gasteiger partial charge < -0.3 is 15.7 Å². The van der Waals surface area contributed by atoms with Crippen LogP contribution in [0.1, 0.15) is 5.56 Å². The smallest absolute Gasteiger partial charge is 0.123 e. The van der Waals surface area contributed by atoms with Crippen LogP contribution in [0.15, 0.2) is 24.3 Å². The normalized spacial score (nSPS) is 12.6. The van der Waals surface area contributed by atoms with Crippen molar-refractivity contribution in [1.29, 1.82) is 0 Å². The van der Waals surface area contributed by atoms with Gasteiger partial charge in [-0.15, -0.1) is 0 Å². The van der Waals surface area contributed by atoms with Crippen LogP contribution in [0.2, 0.25) is 0 Å². The van der Waals surface area contributed by atoms with Crippen LogP contribution in [-0.4, -0.2) is 11.6 Å². The molecule has 0 heterocycles. The summed E-state index contributed by atoms with van der Waals surface area (Å²) in [4.78, 5) is 9.14. The van der Waals surface area contributed by atoms with Gasteiger partial charge in [0.2, 0.25) is 0 Å². The van der Waals surface area contributed by atoms with Crippen molar-refractivity contribution in [3.8, 4) is 0 Å². The standard InChI is InChI=1S/C8H13N2OP/c1-12(11)10-8-5-3-2-4-7(8)6-9/h2-5,10-11H,6,9H2,1H3. The molecule has 4 heteroatoms. The second kappa shape index (κ2) is 4.41. The Kier molecular flexibility index (Phi) is 3.48. The first-order valence-electron chi connectivity index (χ1n) is 3.71. The number of anilines is 1. The maximum absolute atomic E-state index is 9.14. The first-order valence-corrected chi connectivity index (χ1v) is 5.45. The van der Waals surface area contributed by atoms with Crippen molar-refractivity contribution in [2.45, 2.75) is 6.54 Å². The highest BCUT2D eigenvalue weighted by Crippen LogP contribution is 2.28. The van der Waals surface area contributed by atoms with E-state index >= 15 is 0 Å². The Morgan fingerprint density at radius 1 is 1.50 bits per heavy atom. The summed E-state index contributed by atoms with van der Waals surface area (Å²) in [7, 11) is -1.10. The summed E-state index contributed by atoms with van der Waals surface area (Å²) in [5, 5.41) is 2.96. The topological polar surface area (TPSA) is 58.3 Å². The zero-order valence-corrected chi connectivity index (χ0v) is 7.88. The summed E-state index contributed by atoms with van der Waals surface area (Å²) in [6.07, 6.45) is 0. The molecule has 1 unspecified atom stereocenters. The van der Waals surface area contributed by atoms with Gasteiger partial charge in [0.25, 0.3) is 0 Å². The molecule has 0 aliphatic heterocycles. The van der Waals surface area contributed by atoms with Gasteiger partial charge in [0, 0.05) is 12.2 Å². The van der Waals surface area contributed by atoms with Crippen LogP contribution in [-0.2, 0) is 6.54 Å². The second-order valence-corrected chi connectivity index (χ2v) is 3.77. The van der Waals surface area contributed by atoms with Gasteiger partial charge >= 0.3 is 0 Å². The Bertz CT molecular complexity index is 253. The lowest BCUT2D eigenvalue weighted by atomic mass is 10.2. The van der Waals surface area contributed by atoms with E-state index in [4.69, 9.17) is 10.6 Å². The fourth-order valence-electron chi connectivity index (χ4n) is 0.982. The van der Waals surface area contributed by atoms with Gasteiger partial charge in [-0.2, -0.15) is 0 Å². The number of nitrogens with one attached hydrogen (secondary N) is 1. The van der Waals surface area contributed by atoms with E-state index in [1.807, 2.05) is 24.3 Å². The number of hydrogen-bond donors (Lipinski definition) is 3. The lowest BCUT2D eigenvalue weighted by Crippen LogP contribution is -2.01. The number of hydrogen-bond acceptors (Lipinski definition) is 3. The highest BCUT2D eigenvalue weighted by molar-refractivity contribution is 7.52. The van der Waals surface area contributed by atoms with E-state index < -0.39 is 8.30 Å². The summed E-state index contributed by atoms with van der Waals surface area (Å²) in [5.74, 6) is 0. The van der Waals surface area contributed by atoms with Gasteiger partial charge in [0.1, 0.15) is 8.30 Å². The molecule has 0 saturated heterocycles. The molecule has 0 aliphatic carbocycles. The summed E-state index contributed by atoms with van der Waals surface area (Å²) in [5.41, 5.74) is 7.47. The van der Waals surface area contributed by atoms with Crippen LogP contribution in [0.4, 0.5) is 5.69 Å². The molecule has 3 nitrogen and oxygen atoms in total. The summed E-state index contributed by atoms with van der Waals surface area (Å²) >= 11 is 0. The lowest BCUT2D eigenvalue weighted by molar-refractivity contribution is 0.636. The van der Waals surface area contributed by atoms with Crippen LogP contribution < -0.4 is 10.8 Å². The number of benzene rings is 1. The van der Waals surface area contributed by atoms with E-state index in [0.717, 1.165) is 11.3 Å². The van der Waals surface area contributed by atoms with Gasteiger partial charge in [0.15, 0.2) is 0 Å². The summed E-state index contributed by atoms with van der Waals surface area (Å²) in [6, 6.07) is 7.71. The fraction of sp³-hybridized carbons (Fsp3) is 0.250. The van der Waals surface area contributed by atoms with Gasteiger partial charge in [0.05, 0.1) is 0 Å². The van der Waals surface area contributed by atoms with Gasteiger partial charge in [-0.3, -0.25) is 0 Å². The highest BCUT2D eigenvalue weighted by Gasteiger charge is 2.00. The maximum Gasteiger partial charge on any atom is 0.123 e. The van der Waals surface area contributed by atoms with Crippen LogP contribution in [0.5, 0.6) is 0 Å². The molecule has 1 aromatic rings. The quantitative estimate of drug-likeness (QED) is 0.624. The Labute approximate surface area is 73.5 Å². The minimum absolute atomic E-state index is 0.492. The van der Waals surface area contributed by atoms with Crippen molar-refractivity contribution in [2.24, 2.45) is 5.73 Å². The third-order valence-corrected chi connectivity index (χ3v) is 2.08. The van der Waals surface area contributed by atoms with E-state index in [1.165, 1.54) is 0 Å². The minimum atomic E-state index is -1.10. The molecular weight excluding hydrogens is 171 g/mol. The molecule has 1 rings (SSSR count). The first kappa shape index (κ1) is 9.46. The monoisotopic (exact) mass is 184 g/mol. The molecule has 0 bridgehead atoms. The number of rotatable bonds is 3. The maximum atomic E-state index is 9.14. The highest BCUT2D eigenvalue weighted by atomic mass is 31.2. The first-order chi connectivity index (χ1) is 5.74. The molecule has 1 atom stereocenters. The minimum Gasteiger partial charge on any atom is -0.355 e. The van der Waals surface area contributed by atoms with Crippen molar-refractivity contribution in [3.63, 3.8) is 0 Å².